The molecule has 0 aliphatic heterocycles. The average Bonchev–Trinajstić information content (AvgIpc) is 3.66. The summed E-state index contributed by atoms with van der Waals surface area (Å²) in [5.74, 6) is 0. The van der Waals surface area contributed by atoms with Crippen LogP contribution in [0.5, 0.6) is 0 Å². The molecule has 262 valence electrons. The van der Waals surface area contributed by atoms with E-state index >= 15 is 0 Å². The molecule has 1 aromatic heterocycles. The molecule has 1 nitrogen and oxygen atoms in total. The van der Waals surface area contributed by atoms with Gasteiger partial charge in [0.2, 0.25) is 0 Å². The fourth-order valence-electron chi connectivity index (χ4n) is 8.54. The maximum absolute atomic E-state index is 2.38. The maximum Gasteiger partial charge on any atom is 0.0468 e. The second kappa shape index (κ2) is 13.4. The molecule has 11 rings (SSSR count). The van der Waals surface area contributed by atoms with E-state index in [1.54, 1.807) is 0 Å². The van der Waals surface area contributed by atoms with Gasteiger partial charge >= 0.3 is 0 Å². The van der Waals surface area contributed by atoms with E-state index in [0.29, 0.717) is 0 Å². The number of benzene rings is 10. The molecule has 0 saturated heterocycles. The fraction of sp³-hybridized carbons (Fsp3) is 0. The first kappa shape index (κ1) is 32.4. The van der Waals surface area contributed by atoms with E-state index in [-0.39, 0.29) is 0 Å². The lowest BCUT2D eigenvalue weighted by Gasteiger charge is -2.26. The molecule has 0 N–H and O–H groups in total. The van der Waals surface area contributed by atoms with E-state index < -0.39 is 0 Å². The van der Waals surface area contributed by atoms with Gasteiger partial charge in [-0.15, -0.1) is 11.3 Å². The predicted molar refractivity (Wildman–Crippen MR) is 243 cm³/mol. The molecule has 0 aliphatic rings. The van der Waals surface area contributed by atoms with Crippen molar-refractivity contribution in [2.45, 2.75) is 0 Å². The second-order valence-electron chi connectivity index (χ2n) is 14.5. The molecule has 0 bridgehead atoms. The van der Waals surface area contributed by atoms with Crippen LogP contribution in [0.15, 0.2) is 212 Å². The zero-order chi connectivity index (χ0) is 37.0. The minimum atomic E-state index is 1.11. The van der Waals surface area contributed by atoms with Crippen LogP contribution in [0.1, 0.15) is 0 Å². The van der Waals surface area contributed by atoms with Gasteiger partial charge in [-0.3, -0.25) is 0 Å². The number of anilines is 3. The quantitative estimate of drug-likeness (QED) is 0.154. The van der Waals surface area contributed by atoms with Crippen LogP contribution in [0, 0.1) is 0 Å². The fourth-order valence-corrected chi connectivity index (χ4v) is 9.67. The van der Waals surface area contributed by atoms with Gasteiger partial charge in [-0.25, -0.2) is 0 Å². The minimum absolute atomic E-state index is 1.11. The minimum Gasteiger partial charge on any atom is -0.310 e. The summed E-state index contributed by atoms with van der Waals surface area (Å²) in [6.45, 7) is 0. The number of rotatable bonds is 6. The largest absolute Gasteiger partial charge is 0.310 e. The van der Waals surface area contributed by atoms with Gasteiger partial charge in [-0.05, 0) is 120 Å². The molecule has 1 heterocycles. The van der Waals surface area contributed by atoms with Gasteiger partial charge < -0.3 is 4.90 Å². The highest BCUT2D eigenvalue weighted by molar-refractivity contribution is 7.25. The van der Waals surface area contributed by atoms with Crippen LogP contribution in [0.3, 0.4) is 0 Å². The Morgan fingerprint density at radius 3 is 1.66 bits per heavy atom. The van der Waals surface area contributed by atoms with E-state index in [0.717, 1.165) is 17.1 Å². The Balaban J connectivity index is 1.01. The lowest BCUT2D eigenvalue weighted by molar-refractivity contribution is 1.29. The Kier molecular flexibility index (Phi) is 7.75. The predicted octanol–water partition coefficient (Wildman–Crippen LogP) is 16.0. The lowest BCUT2D eigenvalue weighted by atomic mass is 9.95. The number of hydrogen-bond donors (Lipinski definition) is 0. The van der Waals surface area contributed by atoms with Crippen molar-refractivity contribution in [2.24, 2.45) is 0 Å². The first-order valence-electron chi connectivity index (χ1n) is 19.2. The van der Waals surface area contributed by atoms with E-state index in [2.05, 4.69) is 217 Å². The van der Waals surface area contributed by atoms with Crippen LogP contribution < -0.4 is 4.90 Å². The SMILES string of the molecule is c1cc(-c2ccc(N(c3ccc(-c4cccc5sc6ccccc6c45)cc3)c3ccc4c(ccc5ccccc54)c3)cc2)cc(-c2cccc3ccccc23)c1. The van der Waals surface area contributed by atoms with Crippen molar-refractivity contribution in [2.75, 3.05) is 4.90 Å². The molecule has 10 aromatic carbocycles. The van der Waals surface area contributed by atoms with E-state index in [9.17, 15) is 0 Å². The van der Waals surface area contributed by atoms with Crippen LogP contribution in [-0.4, -0.2) is 0 Å². The standard InChI is InChI=1S/C54H35NS/c1-3-15-46-37(10-1)12-8-18-48(46)41-14-7-13-40(34-41)36-24-28-43(29-25-36)55(45-32-33-49-42(35-45)23-22-38-11-2-4-16-47(38)49)44-30-26-39(27-31-44)50-19-9-21-53-54(50)51-17-5-6-20-52(51)56-53/h1-35H. The van der Waals surface area contributed by atoms with Gasteiger partial charge in [0.05, 0.1) is 0 Å². The highest BCUT2D eigenvalue weighted by Crippen LogP contribution is 2.43. The highest BCUT2D eigenvalue weighted by atomic mass is 32.1. The van der Waals surface area contributed by atoms with E-state index in [1.807, 2.05) is 11.3 Å². The monoisotopic (exact) mass is 729 g/mol. The van der Waals surface area contributed by atoms with Crippen LogP contribution >= 0.6 is 11.3 Å². The Morgan fingerprint density at radius 1 is 0.286 bits per heavy atom. The van der Waals surface area contributed by atoms with Crippen molar-refractivity contribution in [3.63, 3.8) is 0 Å². The number of thiophene rings is 1. The van der Waals surface area contributed by atoms with Crippen LogP contribution in [0.4, 0.5) is 17.1 Å². The molecule has 0 atom stereocenters. The normalized spacial score (nSPS) is 11.6. The molecule has 0 unspecified atom stereocenters. The molecule has 0 saturated carbocycles. The van der Waals surface area contributed by atoms with E-state index in [1.165, 1.54) is 85.9 Å². The molecule has 0 fully saturated rings. The summed E-state index contributed by atoms with van der Waals surface area (Å²) in [4.78, 5) is 2.38. The molecule has 11 aromatic rings. The van der Waals surface area contributed by atoms with Gasteiger partial charge in [0.25, 0.3) is 0 Å². The van der Waals surface area contributed by atoms with Gasteiger partial charge in [0.1, 0.15) is 0 Å². The van der Waals surface area contributed by atoms with Crippen molar-refractivity contribution >= 4 is 80.9 Å². The van der Waals surface area contributed by atoms with Crippen molar-refractivity contribution < 1.29 is 0 Å². The maximum atomic E-state index is 2.38. The van der Waals surface area contributed by atoms with E-state index in [4.69, 9.17) is 0 Å². The molecule has 2 heteroatoms. The molecule has 0 amide bonds. The third kappa shape index (κ3) is 5.54. The lowest BCUT2D eigenvalue weighted by Crippen LogP contribution is -2.09. The van der Waals surface area contributed by atoms with Crippen molar-refractivity contribution in [3.05, 3.63) is 212 Å². The molecule has 56 heavy (non-hydrogen) atoms. The number of fused-ring (bicyclic) bond motifs is 7. The van der Waals surface area contributed by atoms with Crippen molar-refractivity contribution in [1.82, 2.24) is 0 Å². The van der Waals surface area contributed by atoms with Gasteiger partial charge in [0.15, 0.2) is 0 Å². The van der Waals surface area contributed by atoms with Crippen LogP contribution in [-0.2, 0) is 0 Å². The zero-order valence-electron chi connectivity index (χ0n) is 30.6. The summed E-state index contributed by atoms with van der Waals surface area (Å²) in [5, 5.41) is 10.2. The summed E-state index contributed by atoms with van der Waals surface area (Å²) in [5.41, 5.74) is 10.7. The molecule has 0 aliphatic carbocycles. The van der Waals surface area contributed by atoms with Gasteiger partial charge in [0, 0.05) is 37.2 Å². The number of nitrogens with zero attached hydrogens (tertiary/aromatic N) is 1. The summed E-state index contributed by atoms with van der Waals surface area (Å²) < 4.78 is 2.64. The summed E-state index contributed by atoms with van der Waals surface area (Å²) in [6, 6.07) is 77.7. The summed E-state index contributed by atoms with van der Waals surface area (Å²) >= 11 is 1.87. The zero-order valence-corrected chi connectivity index (χ0v) is 31.4. The topological polar surface area (TPSA) is 3.24 Å². The van der Waals surface area contributed by atoms with Crippen molar-refractivity contribution in [3.8, 4) is 33.4 Å². The Hall–Kier alpha value is -7.00. The molecular formula is C54H35NS. The first-order chi connectivity index (χ1) is 27.7. The van der Waals surface area contributed by atoms with Gasteiger partial charge in [-0.1, -0.05) is 158 Å². The Morgan fingerprint density at radius 2 is 0.839 bits per heavy atom. The molecular weight excluding hydrogens is 695 g/mol. The summed E-state index contributed by atoms with van der Waals surface area (Å²) in [6.07, 6.45) is 0. The Labute approximate surface area is 330 Å². The Bertz CT molecular complexity index is 3240. The third-order valence-corrected chi connectivity index (χ3v) is 12.4. The summed E-state index contributed by atoms with van der Waals surface area (Å²) in [7, 11) is 0. The first-order valence-corrected chi connectivity index (χ1v) is 20.0. The smallest absolute Gasteiger partial charge is 0.0468 e. The number of hydrogen-bond acceptors (Lipinski definition) is 2. The molecule has 0 radical (unpaired) electrons. The van der Waals surface area contributed by atoms with Crippen LogP contribution in [0.2, 0.25) is 0 Å². The highest BCUT2D eigenvalue weighted by Gasteiger charge is 2.16. The van der Waals surface area contributed by atoms with Crippen molar-refractivity contribution in [1.29, 1.82) is 0 Å². The van der Waals surface area contributed by atoms with Gasteiger partial charge in [-0.2, -0.15) is 0 Å². The second-order valence-corrected chi connectivity index (χ2v) is 15.6. The average molecular weight is 730 g/mol. The molecule has 0 spiro atoms. The van der Waals surface area contributed by atoms with Crippen LogP contribution in [0.25, 0.3) is 85.9 Å². The third-order valence-electron chi connectivity index (χ3n) is 11.2.